The van der Waals surface area contributed by atoms with Crippen LogP contribution in [0.2, 0.25) is 0 Å². The summed E-state index contributed by atoms with van der Waals surface area (Å²) in [6.45, 7) is 4.34. The minimum atomic E-state index is -0.810. The summed E-state index contributed by atoms with van der Waals surface area (Å²) >= 11 is 0. The molecule has 0 fully saturated rings. The van der Waals surface area contributed by atoms with Crippen molar-refractivity contribution in [3.05, 3.63) is 42.0 Å². The number of aliphatic carboxylic acids is 1. The molecule has 0 bridgehead atoms. The Balaban J connectivity index is 2.14. The lowest BCUT2D eigenvalue weighted by molar-refractivity contribution is -0.140. The van der Waals surface area contributed by atoms with Crippen molar-refractivity contribution in [1.29, 1.82) is 0 Å². The molecule has 112 valence electrons. The molecule has 2 N–H and O–H groups in total. The maximum Gasteiger partial charge on any atom is 0.320 e. The van der Waals surface area contributed by atoms with Crippen LogP contribution in [-0.4, -0.2) is 24.2 Å². The second-order valence-electron chi connectivity index (χ2n) is 5.49. The van der Waals surface area contributed by atoms with E-state index in [0.717, 1.165) is 22.1 Å². The fourth-order valence-electron chi connectivity index (χ4n) is 2.35. The van der Waals surface area contributed by atoms with Gasteiger partial charge in [-0.1, -0.05) is 32.0 Å². The zero-order valence-corrected chi connectivity index (χ0v) is 12.6. The normalized spacial score (nSPS) is 12.6. The largest absolute Gasteiger partial charge is 0.497 e. The molecule has 2 aromatic carbocycles. The molecule has 0 saturated carbocycles. The molecule has 0 aromatic heterocycles. The summed E-state index contributed by atoms with van der Waals surface area (Å²) in [5.74, 6) is 0.0712. The molecule has 0 aliphatic heterocycles. The lowest BCUT2D eigenvalue weighted by atomic mass is 10.0. The lowest BCUT2D eigenvalue weighted by Gasteiger charge is -2.18. The Morgan fingerprint density at radius 2 is 1.86 bits per heavy atom. The van der Waals surface area contributed by atoms with Crippen molar-refractivity contribution in [2.75, 3.05) is 7.11 Å². The van der Waals surface area contributed by atoms with E-state index in [0.29, 0.717) is 6.54 Å². The van der Waals surface area contributed by atoms with E-state index in [1.807, 2.05) is 44.2 Å². The molecule has 0 aliphatic rings. The summed E-state index contributed by atoms with van der Waals surface area (Å²) in [5.41, 5.74) is 1.07. The Labute approximate surface area is 124 Å². The van der Waals surface area contributed by atoms with Crippen molar-refractivity contribution >= 4 is 16.7 Å². The van der Waals surface area contributed by atoms with Gasteiger partial charge in [0.15, 0.2) is 0 Å². The fourth-order valence-corrected chi connectivity index (χ4v) is 2.35. The van der Waals surface area contributed by atoms with Crippen molar-refractivity contribution in [1.82, 2.24) is 5.32 Å². The van der Waals surface area contributed by atoms with Crippen LogP contribution in [0.1, 0.15) is 19.4 Å². The molecule has 2 aromatic rings. The second kappa shape index (κ2) is 6.59. The maximum atomic E-state index is 11.2. The Morgan fingerprint density at radius 3 is 2.48 bits per heavy atom. The van der Waals surface area contributed by atoms with Gasteiger partial charge in [-0.05, 0) is 40.5 Å². The number of carboxylic acids is 1. The number of ether oxygens (including phenoxy) is 1. The van der Waals surface area contributed by atoms with Crippen molar-refractivity contribution in [3.63, 3.8) is 0 Å². The molecule has 0 saturated heterocycles. The summed E-state index contributed by atoms with van der Waals surface area (Å²) in [4.78, 5) is 11.2. The van der Waals surface area contributed by atoms with Crippen LogP contribution >= 0.6 is 0 Å². The van der Waals surface area contributed by atoms with Gasteiger partial charge < -0.3 is 15.2 Å². The number of rotatable bonds is 6. The maximum absolute atomic E-state index is 11.2. The van der Waals surface area contributed by atoms with Crippen LogP contribution in [0, 0.1) is 5.92 Å². The van der Waals surface area contributed by atoms with Crippen molar-refractivity contribution in [2.45, 2.75) is 26.4 Å². The third-order valence-corrected chi connectivity index (χ3v) is 3.57. The molecular formula is C17H21NO3. The van der Waals surface area contributed by atoms with Crippen LogP contribution < -0.4 is 10.1 Å². The summed E-state index contributed by atoms with van der Waals surface area (Å²) in [5, 5.41) is 14.5. The first kappa shape index (κ1) is 15.3. The monoisotopic (exact) mass is 287 g/mol. The number of hydrogen-bond donors (Lipinski definition) is 2. The zero-order chi connectivity index (χ0) is 15.4. The molecule has 0 heterocycles. The average Bonchev–Trinajstić information content (AvgIpc) is 2.46. The van der Waals surface area contributed by atoms with E-state index >= 15 is 0 Å². The van der Waals surface area contributed by atoms with E-state index in [9.17, 15) is 9.90 Å². The quantitative estimate of drug-likeness (QED) is 0.857. The molecule has 0 spiro atoms. The highest BCUT2D eigenvalue weighted by molar-refractivity contribution is 5.84. The molecule has 1 atom stereocenters. The number of carboxylic acid groups (broad SMARTS) is 1. The highest BCUT2D eigenvalue weighted by Gasteiger charge is 2.20. The Morgan fingerprint density at radius 1 is 1.19 bits per heavy atom. The van der Waals surface area contributed by atoms with Gasteiger partial charge in [0.2, 0.25) is 0 Å². The highest BCUT2D eigenvalue weighted by Crippen LogP contribution is 2.22. The Kier molecular flexibility index (Phi) is 4.81. The topological polar surface area (TPSA) is 58.6 Å². The van der Waals surface area contributed by atoms with Gasteiger partial charge in [-0.3, -0.25) is 4.79 Å². The smallest absolute Gasteiger partial charge is 0.320 e. The number of carbonyl (C=O) groups is 1. The third kappa shape index (κ3) is 3.73. The van der Waals surface area contributed by atoms with Gasteiger partial charge in [0.1, 0.15) is 11.8 Å². The number of hydrogen-bond acceptors (Lipinski definition) is 3. The first-order valence-electron chi connectivity index (χ1n) is 7.04. The van der Waals surface area contributed by atoms with Gasteiger partial charge in [0.05, 0.1) is 7.11 Å². The van der Waals surface area contributed by atoms with Crippen LogP contribution in [-0.2, 0) is 11.3 Å². The minimum Gasteiger partial charge on any atom is -0.497 e. The number of methoxy groups -OCH3 is 1. The first-order chi connectivity index (χ1) is 10.0. The third-order valence-electron chi connectivity index (χ3n) is 3.57. The Bertz CT molecular complexity index is 637. The van der Waals surface area contributed by atoms with Gasteiger partial charge in [0.25, 0.3) is 0 Å². The molecule has 0 radical (unpaired) electrons. The van der Waals surface area contributed by atoms with Gasteiger partial charge in [-0.25, -0.2) is 0 Å². The van der Waals surface area contributed by atoms with E-state index in [1.165, 1.54) is 0 Å². The SMILES string of the molecule is COc1ccc2cc(CN[C@H](C(=O)O)C(C)C)ccc2c1. The van der Waals surface area contributed by atoms with Gasteiger partial charge >= 0.3 is 5.97 Å². The summed E-state index contributed by atoms with van der Waals surface area (Å²) < 4.78 is 5.21. The molecule has 4 heteroatoms. The molecule has 0 unspecified atom stereocenters. The summed E-state index contributed by atoms with van der Waals surface area (Å²) in [6.07, 6.45) is 0. The van der Waals surface area contributed by atoms with Crippen LogP contribution in [0.25, 0.3) is 10.8 Å². The standard InChI is InChI=1S/C17H21NO3/c1-11(2)16(17(19)20)18-10-12-4-5-14-9-15(21-3)7-6-13(14)8-12/h4-9,11,16,18H,10H2,1-3H3,(H,19,20)/t16-/m0/s1. The number of fused-ring (bicyclic) bond motifs is 1. The van der Waals surface area contributed by atoms with E-state index in [-0.39, 0.29) is 5.92 Å². The van der Waals surface area contributed by atoms with Gasteiger partial charge in [0, 0.05) is 6.54 Å². The van der Waals surface area contributed by atoms with Crippen molar-refractivity contribution in [2.24, 2.45) is 5.92 Å². The van der Waals surface area contributed by atoms with Gasteiger partial charge in [-0.2, -0.15) is 0 Å². The fraction of sp³-hybridized carbons (Fsp3) is 0.353. The molecule has 21 heavy (non-hydrogen) atoms. The van der Waals surface area contributed by atoms with Crippen LogP contribution in [0.5, 0.6) is 5.75 Å². The van der Waals surface area contributed by atoms with Crippen LogP contribution in [0.4, 0.5) is 0 Å². The molecule has 2 rings (SSSR count). The predicted octanol–water partition coefficient (Wildman–Crippen LogP) is 3.05. The van der Waals surface area contributed by atoms with E-state index < -0.39 is 12.0 Å². The van der Waals surface area contributed by atoms with E-state index in [1.54, 1.807) is 7.11 Å². The second-order valence-corrected chi connectivity index (χ2v) is 5.49. The molecule has 0 aliphatic carbocycles. The lowest BCUT2D eigenvalue weighted by Crippen LogP contribution is -2.40. The van der Waals surface area contributed by atoms with Crippen molar-refractivity contribution < 1.29 is 14.6 Å². The van der Waals surface area contributed by atoms with Crippen LogP contribution in [0.3, 0.4) is 0 Å². The van der Waals surface area contributed by atoms with Crippen molar-refractivity contribution in [3.8, 4) is 5.75 Å². The average molecular weight is 287 g/mol. The molecule has 0 amide bonds. The molecule has 4 nitrogen and oxygen atoms in total. The summed E-state index contributed by atoms with van der Waals surface area (Å²) in [7, 11) is 1.65. The summed E-state index contributed by atoms with van der Waals surface area (Å²) in [6, 6.07) is 11.5. The van der Waals surface area contributed by atoms with Gasteiger partial charge in [-0.15, -0.1) is 0 Å². The highest BCUT2D eigenvalue weighted by atomic mass is 16.5. The first-order valence-corrected chi connectivity index (χ1v) is 7.04. The molecular weight excluding hydrogens is 266 g/mol. The van der Waals surface area contributed by atoms with E-state index in [2.05, 4.69) is 11.4 Å². The number of nitrogens with one attached hydrogen (secondary N) is 1. The Hall–Kier alpha value is -2.07. The minimum absolute atomic E-state index is 0.0483. The number of benzene rings is 2. The zero-order valence-electron chi connectivity index (χ0n) is 12.6. The van der Waals surface area contributed by atoms with Crippen LogP contribution in [0.15, 0.2) is 36.4 Å². The predicted molar refractivity (Wildman–Crippen MR) is 83.6 cm³/mol. The van der Waals surface area contributed by atoms with E-state index in [4.69, 9.17) is 4.74 Å².